The van der Waals surface area contributed by atoms with Crippen LogP contribution < -0.4 is 16.0 Å². The third-order valence-corrected chi connectivity index (χ3v) is 4.65. The van der Waals surface area contributed by atoms with Gasteiger partial charge in [0.2, 0.25) is 5.91 Å². The molecule has 1 fully saturated rings. The van der Waals surface area contributed by atoms with Crippen molar-refractivity contribution in [3.05, 3.63) is 0 Å². The molecule has 3 N–H and O–H groups in total. The van der Waals surface area contributed by atoms with Gasteiger partial charge in [-0.25, -0.2) is 0 Å². The highest BCUT2D eigenvalue weighted by Crippen LogP contribution is 2.45. The van der Waals surface area contributed by atoms with Crippen LogP contribution in [0.1, 0.15) is 53.4 Å². The summed E-state index contributed by atoms with van der Waals surface area (Å²) in [5, 5.41) is 9.44. The first-order valence-electron chi connectivity index (χ1n) is 8.41. The van der Waals surface area contributed by atoms with Crippen LogP contribution in [0.3, 0.4) is 0 Å². The smallest absolute Gasteiger partial charge is 0.227 e. The number of halogens is 1. The molecule has 0 atom stereocenters. The lowest BCUT2D eigenvalue weighted by molar-refractivity contribution is -0.128. The highest BCUT2D eigenvalue weighted by atomic mass is 127. The maximum Gasteiger partial charge on any atom is 0.227 e. The molecule has 0 radical (unpaired) electrons. The minimum atomic E-state index is -0.460. The molecule has 0 bridgehead atoms. The second-order valence-electron chi connectivity index (χ2n) is 7.69. The Hall–Kier alpha value is -0.530. The number of nitrogens with one attached hydrogen (secondary N) is 3. The fourth-order valence-corrected chi connectivity index (χ4v) is 3.21. The number of carbonyl (C=O) groups excluding carboxylic acids is 1. The molecule has 1 saturated carbocycles. The zero-order valence-electron chi connectivity index (χ0n) is 15.6. The number of guanidine groups is 1. The van der Waals surface area contributed by atoms with Gasteiger partial charge in [-0.15, -0.1) is 24.0 Å². The van der Waals surface area contributed by atoms with Gasteiger partial charge in [-0.2, -0.15) is 0 Å². The lowest BCUT2D eigenvalue weighted by Gasteiger charge is -2.43. The highest BCUT2D eigenvalue weighted by molar-refractivity contribution is 14.0. The first-order chi connectivity index (χ1) is 10.2. The highest BCUT2D eigenvalue weighted by Gasteiger charge is 2.37. The monoisotopic (exact) mass is 438 g/mol. The van der Waals surface area contributed by atoms with Gasteiger partial charge < -0.3 is 16.0 Å². The van der Waals surface area contributed by atoms with E-state index >= 15 is 0 Å². The third-order valence-electron chi connectivity index (χ3n) is 4.65. The largest absolute Gasteiger partial charge is 0.359 e. The molecule has 0 heterocycles. The molecule has 1 amide bonds. The summed E-state index contributed by atoms with van der Waals surface area (Å²) in [5.41, 5.74) is -0.0272. The van der Waals surface area contributed by atoms with E-state index in [-0.39, 0.29) is 29.9 Å². The topological polar surface area (TPSA) is 65.5 Å². The van der Waals surface area contributed by atoms with Crippen molar-refractivity contribution in [1.82, 2.24) is 16.0 Å². The van der Waals surface area contributed by atoms with Crippen molar-refractivity contribution in [2.75, 3.05) is 27.2 Å². The van der Waals surface area contributed by atoms with Gasteiger partial charge in [0, 0.05) is 27.2 Å². The fraction of sp³-hybridized carbons (Fsp3) is 0.882. The van der Waals surface area contributed by atoms with Crippen LogP contribution in [0.4, 0.5) is 0 Å². The molecule has 0 aromatic rings. The van der Waals surface area contributed by atoms with Gasteiger partial charge in [0.25, 0.3) is 0 Å². The van der Waals surface area contributed by atoms with E-state index in [1.54, 1.807) is 14.1 Å². The van der Waals surface area contributed by atoms with Gasteiger partial charge in [0.1, 0.15) is 0 Å². The van der Waals surface area contributed by atoms with Gasteiger partial charge >= 0.3 is 0 Å². The average Bonchev–Trinajstić information content (AvgIpc) is 2.42. The number of rotatable bonds is 7. The Kier molecular flexibility index (Phi) is 9.47. The molecule has 1 aliphatic carbocycles. The molecule has 1 rings (SSSR count). The maximum atomic E-state index is 11.8. The predicted octanol–water partition coefficient (Wildman–Crippen LogP) is 2.76. The lowest BCUT2D eigenvalue weighted by atomic mass is 9.64. The standard InChI is InChI=1S/C17H34N4O.HI/c1-13(2)10-17(8-7-9-17)12-21-15(19-6)20-11-16(3,4)14(22)18-5;/h13H,7-12H2,1-6H3,(H,18,22)(H2,19,20,21);1H. The van der Waals surface area contributed by atoms with Crippen LogP contribution in [0.25, 0.3) is 0 Å². The zero-order chi connectivity index (χ0) is 16.8. The Labute approximate surface area is 158 Å². The van der Waals surface area contributed by atoms with Gasteiger partial charge in [-0.1, -0.05) is 20.3 Å². The van der Waals surface area contributed by atoms with Gasteiger partial charge in [0.05, 0.1) is 5.41 Å². The van der Waals surface area contributed by atoms with Crippen LogP contribution in [0.5, 0.6) is 0 Å². The van der Waals surface area contributed by atoms with E-state index in [0.717, 1.165) is 18.4 Å². The molecule has 136 valence electrons. The van der Waals surface area contributed by atoms with Crippen molar-refractivity contribution in [1.29, 1.82) is 0 Å². The molecule has 23 heavy (non-hydrogen) atoms. The van der Waals surface area contributed by atoms with Crippen molar-refractivity contribution in [2.45, 2.75) is 53.4 Å². The summed E-state index contributed by atoms with van der Waals surface area (Å²) < 4.78 is 0. The Morgan fingerprint density at radius 2 is 1.87 bits per heavy atom. The second-order valence-corrected chi connectivity index (χ2v) is 7.69. The molecular weight excluding hydrogens is 403 g/mol. The normalized spacial score (nSPS) is 17.1. The van der Waals surface area contributed by atoms with Gasteiger partial charge in [-0.05, 0) is 44.4 Å². The third kappa shape index (κ3) is 6.85. The molecule has 5 nitrogen and oxygen atoms in total. The van der Waals surface area contributed by atoms with Crippen LogP contribution in [0, 0.1) is 16.7 Å². The number of hydrogen-bond acceptors (Lipinski definition) is 2. The van der Waals surface area contributed by atoms with Crippen LogP contribution >= 0.6 is 24.0 Å². The number of nitrogens with zero attached hydrogens (tertiary/aromatic N) is 1. The van der Waals surface area contributed by atoms with Crippen LogP contribution in [-0.2, 0) is 4.79 Å². The van der Waals surface area contributed by atoms with Crippen molar-refractivity contribution in [2.24, 2.45) is 21.7 Å². The summed E-state index contributed by atoms with van der Waals surface area (Å²) in [4.78, 5) is 16.1. The van der Waals surface area contributed by atoms with Crippen molar-refractivity contribution in [3.63, 3.8) is 0 Å². The number of aliphatic imine (C=N–C) groups is 1. The van der Waals surface area contributed by atoms with E-state index in [1.807, 2.05) is 13.8 Å². The number of carbonyl (C=O) groups is 1. The molecule has 1 aliphatic rings. The molecule has 0 aromatic carbocycles. The van der Waals surface area contributed by atoms with E-state index in [0.29, 0.717) is 12.0 Å². The molecule has 6 heteroatoms. The summed E-state index contributed by atoms with van der Waals surface area (Å²) in [6, 6.07) is 0. The fourth-order valence-electron chi connectivity index (χ4n) is 3.21. The van der Waals surface area contributed by atoms with E-state index in [4.69, 9.17) is 0 Å². The Balaban J connectivity index is 0.00000484. The number of hydrogen-bond donors (Lipinski definition) is 3. The lowest BCUT2D eigenvalue weighted by Crippen LogP contribution is -2.50. The molecule has 0 aliphatic heterocycles. The van der Waals surface area contributed by atoms with Crippen LogP contribution in [0.2, 0.25) is 0 Å². The Morgan fingerprint density at radius 3 is 2.26 bits per heavy atom. The molecule has 0 aromatic heterocycles. The molecular formula is C17H35IN4O. The SMILES string of the molecule is CN=C(NCC1(CC(C)C)CCC1)NCC(C)(C)C(=O)NC.I. The average molecular weight is 438 g/mol. The summed E-state index contributed by atoms with van der Waals surface area (Å²) in [6.07, 6.45) is 5.21. The summed E-state index contributed by atoms with van der Waals surface area (Å²) >= 11 is 0. The quantitative estimate of drug-likeness (QED) is 0.325. The Morgan fingerprint density at radius 1 is 1.26 bits per heavy atom. The van der Waals surface area contributed by atoms with E-state index in [9.17, 15) is 4.79 Å². The molecule has 0 saturated heterocycles. The van der Waals surface area contributed by atoms with Gasteiger partial charge in [0.15, 0.2) is 5.96 Å². The van der Waals surface area contributed by atoms with E-state index < -0.39 is 5.41 Å². The van der Waals surface area contributed by atoms with Crippen molar-refractivity contribution >= 4 is 35.8 Å². The van der Waals surface area contributed by atoms with Gasteiger partial charge in [-0.3, -0.25) is 9.79 Å². The van der Waals surface area contributed by atoms with Crippen LogP contribution in [0.15, 0.2) is 4.99 Å². The minimum Gasteiger partial charge on any atom is -0.359 e. The first-order valence-corrected chi connectivity index (χ1v) is 8.41. The summed E-state index contributed by atoms with van der Waals surface area (Å²) in [6.45, 7) is 9.96. The Bertz CT molecular complexity index is 403. The zero-order valence-corrected chi connectivity index (χ0v) is 17.9. The molecule has 0 spiro atoms. The molecule has 0 unspecified atom stereocenters. The minimum absolute atomic E-state index is 0. The van der Waals surface area contributed by atoms with E-state index in [1.165, 1.54) is 25.7 Å². The van der Waals surface area contributed by atoms with Crippen LogP contribution in [-0.4, -0.2) is 39.1 Å². The maximum absolute atomic E-state index is 11.8. The second kappa shape index (κ2) is 9.69. The van der Waals surface area contributed by atoms with Crippen molar-refractivity contribution in [3.8, 4) is 0 Å². The van der Waals surface area contributed by atoms with Crippen molar-refractivity contribution < 1.29 is 4.79 Å². The van der Waals surface area contributed by atoms with E-state index in [2.05, 4.69) is 34.8 Å². The summed E-state index contributed by atoms with van der Waals surface area (Å²) in [5.74, 6) is 1.54. The summed E-state index contributed by atoms with van der Waals surface area (Å²) in [7, 11) is 3.45. The number of amides is 1. The first kappa shape index (κ1) is 22.5. The predicted molar refractivity (Wildman–Crippen MR) is 108 cm³/mol.